The maximum Gasteiger partial charge on any atom is 0.291 e. The Balaban J connectivity index is 1.60. The number of ether oxygens (including phenoxy) is 2. The molecule has 0 spiro atoms. The van der Waals surface area contributed by atoms with Gasteiger partial charge in [0.15, 0.2) is 17.3 Å². The van der Waals surface area contributed by atoms with Crippen molar-refractivity contribution in [3.8, 4) is 11.5 Å². The first-order chi connectivity index (χ1) is 16.4. The van der Waals surface area contributed by atoms with Gasteiger partial charge in [0.25, 0.3) is 5.91 Å². The second-order valence-corrected chi connectivity index (χ2v) is 10.9. The largest absolute Gasteiger partial charge is 0.486 e. The fourth-order valence-corrected chi connectivity index (χ4v) is 6.44. The number of hydrogen-bond donors (Lipinski definition) is 1. The molecule has 34 heavy (non-hydrogen) atoms. The first kappa shape index (κ1) is 23.0. The third-order valence-corrected chi connectivity index (χ3v) is 7.96. The molecule has 2 aliphatic rings. The predicted octanol–water partition coefficient (Wildman–Crippen LogP) is 6.05. The van der Waals surface area contributed by atoms with Crippen molar-refractivity contribution in [3.05, 3.63) is 63.9 Å². The van der Waals surface area contributed by atoms with Crippen LogP contribution in [-0.2, 0) is 0 Å². The van der Waals surface area contributed by atoms with Crippen LogP contribution >= 0.6 is 11.3 Å². The van der Waals surface area contributed by atoms with Crippen molar-refractivity contribution < 1.29 is 18.7 Å². The van der Waals surface area contributed by atoms with Crippen LogP contribution < -0.4 is 14.8 Å². The fraction of sp³-hybridized carbons (Fsp3) is 0.444. The average molecular weight is 481 g/mol. The van der Waals surface area contributed by atoms with Gasteiger partial charge in [0.2, 0.25) is 0 Å². The second kappa shape index (κ2) is 9.47. The molecule has 180 valence electrons. The van der Waals surface area contributed by atoms with Crippen LogP contribution in [0, 0.1) is 25.7 Å². The number of furan rings is 1. The van der Waals surface area contributed by atoms with Gasteiger partial charge in [-0.25, -0.2) is 0 Å². The highest BCUT2D eigenvalue weighted by Gasteiger charge is 2.34. The van der Waals surface area contributed by atoms with Crippen LogP contribution in [0.4, 0.5) is 5.00 Å². The van der Waals surface area contributed by atoms with E-state index in [-0.39, 0.29) is 11.9 Å². The number of likely N-dealkylation sites (tertiary alicyclic amines) is 1. The molecule has 2 aliphatic heterocycles. The van der Waals surface area contributed by atoms with Gasteiger partial charge in [0, 0.05) is 23.5 Å². The number of carbonyl (C=O) groups excluding carboxylic acids is 1. The van der Waals surface area contributed by atoms with E-state index in [1.54, 1.807) is 23.5 Å². The van der Waals surface area contributed by atoms with E-state index in [2.05, 4.69) is 50.0 Å². The first-order valence-corrected chi connectivity index (χ1v) is 12.8. The highest BCUT2D eigenvalue weighted by Crippen LogP contribution is 2.45. The van der Waals surface area contributed by atoms with Crippen molar-refractivity contribution in [1.29, 1.82) is 0 Å². The van der Waals surface area contributed by atoms with Crippen LogP contribution in [-0.4, -0.2) is 37.1 Å². The Morgan fingerprint density at radius 3 is 2.53 bits per heavy atom. The van der Waals surface area contributed by atoms with Crippen LogP contribution in [0.2, 0.25) is 0 Å². The molecule has 0 bridgehead atoms. The van der Waals surface area contributed by atoms with E-state index in [9.17, 15) is 4.79 Å². The number of nitrogens with one attached hydrogen (secondary N) is 1. The zero-order valence-electron chi connectivity index (χ0n) is 20.2. The van der Waals surface area contributed by atoms with Gasteiger partial charge < -0.3 is 19.2 Å². The van der Waals surface area contributed by atoms with Crippen LogP contribution in [0.15, 0.2) is 41.0 Å². The summed E-state index contributed by atoms with van der Waals surface area (Å²) in [4.78, 5) is 16.7. The van der Waals surface area contributed by atoms with Gasteiger partial charge in [-0.15, -0.1) is 11.3 Å². The molecule has 1 N–H and O–H groups in total. The van der Waals surface area contributed by atoms with Gasteiger partial charge in [-0.2, -0.15) is 0 Å². The van der Waals surface area contributed by atoms with E-state index >= 15 is 0 Å². The third-order valence-electron chi connectivity index (χ3n) is 6.82. The van der Waals surface area contributed by atoms with Gasteiger partial charge in [0.05, 0.1) is 12.3 Å². The minimum atomic E-state index is -0.228. The number of thiophene rings is 1. The molecular weight excluding hydrogens is 448 g/mol. The molecule has 3 unspecified atom stereocenters. The number of fused-ring (bicyclic) bond motifs is 1. The highest BCUT2D eigenvalue weighted by atomic mass is 32.1. The van der Waals surface area contributed by atoms with Gasteiger partial charge in [-0.05, 0) is 67.5 Å². The van der Waals surface area contributed by atoms with E-state index in [1.165, 1.54) is 23.1 Å². The minimum absolute atomic E-state index is 0.00197. The summed E-state index contributed by atoms with van der Waals surface area (Å²) >= 11 is 1.63. The number of aryl methyl sites for hydroxylation is 1. The molecule has 1 saturated heterocycles. The lowest BCUT2D eigenvalue weighted by Gasteiger charge is -2.41. The summed E-state index contributed by atoms with van der Waals surface area (Å²) in [6.07, 6.45) is 2.75. The molecule has 5 rings (SSSR count). The Morgan fingerprint density at radius 2 is 1.82 bits per heavy atom. The van der Waals surface area contributed by atoms with Crippen molar-refractivity contribution in [2.45, 2.75) is 40.2 Å². The summed E-state index contributed by atoms with van der Waals surface area (Å²) in [7, 11) is 0. The molecule has 1 fully saturated rings. The number of benzene rings is 1. The van der Waals surface area contributed by atoms with Crippen molar-refractivity contribution >= 4 is 22.2 Å². The molecule has 0 aliphatic carbocycles. The number of nitrogens with zero attached hydrogens (tertiary/aromatic N) is 1. The number of amides is 1. The third kappa shape index (κ3) is 4.46. The van der Waals surface area contributed by atoms with Crippen molar-refractivity contribution in [2.75, 3.05) is 31.6 Å². The van der Waals surface area contributed by atoms with Crippen LogP contribution in [0.5, 0.6) is 11.5 Å². The minimum Gasteiger partial charge on any atom is -0.486 e. The zero-order valence-corrected chi connectivity index (χ0v) is 21.0. The normalized spacial score (nSPS) is 21.3. The van der Waals surface area contributed by atoms with E-state index in [1.807, 2.05) is 6.07 Å². The van der Waals surface area contributed by atoms with E-state index in [0.29, 0.717) is 30.8 Å². The number of hydrogen-bond acceptors (Lipinski definition) is 6. The van der Waals surface area contributed by atoms with E-state index in [0.717, 1.165) is 40.7 Å². The molecule has 7 heteroatoms. The van der Waals surface area contributed by atoms with E-state index < -0.39 is 0 Å². The maximum atomic E-state index is 12.9. The van der Waals surface area contributed by atoms with E-state index in [4.69, 9.17) is 13.9 Å². The van der Waals surface area contributed by atoms with Crippen molar-refractivity contribution in [3.63, 3.8) is 0 Å². The quantitative estimate of drug-likeness (QED) is 0.482. The Bertz CT molecular complexity index is 1160. The first-order valence-electron chi connectivity index (χ1n) is 12.0. The molecule has 3 aromatic rings. The molecule has 1 aromatic carbocycles. The lowest BCUT2D eigenvalue weighted by Crippen LogP contribution is -2.41. The van der Waals surface area contributed by atoms with Gasteiger partial charge in [-0.3, -0.25) is 9.69 Å². The van der Waals surface area contributed by atoms with Crippen molar-refractivity contribution in [2.24, 2.45) is 11.8 Å². The molecule has 0 saturated carbocycles. The zero-order chi connectivity index (χ0) is 23.8. The lowest BCUT2D eigenvalue weighted by atomic mass is 9.87. The van der Waals surface area contributed by atoms with Crippen LogP contribution in [0.3, 0.4) is 0 Å². The molecule has 2 aromatic heterocycles. The number of carbonyl (C=O) groups is 1. The summed E-state index contributed by atoms with van der Waals surface area (Å²) in [5, 5.41) is 4.03. The summed E-state index contributed by atoms with van der Waals surface area (Å²) < 4.78 is 17.1. The lowest BCUT2D eigenvalue weighted by molar-refractivity contribution is 0.0995. The number of piperidine rings is 1. The van der Waals surface area contributed by atoms with Crippen LogP contribution in [0.25, 0.3) is 0 Å². The maximum absolute atomic E-state index is 12.9. The number of rotatable bonds is 5. The van der Waals surface area contributed by atoms with Crippen LogP contribution in [0.1, 0.15) is 58.4 Å². The molecule has 1 amide bonds. The molecule has 0 radical (unpaired) electrons. The molecular formula is C27H32N2O4S. The Kier molecular flexibility index (Phi) is 6.40. The van der Waals surface area contributed by atoms with Gasteiger partial charge in [-0.1, -0.05) is 19.9 Å². The SMILES string of the molecule is Cc1sc(NC(=O)c2ccco2)c(C(c2ccc3c(c2)OCCO3)N2CC(C)CC(C)C2)c1C. The Hall–Kier alpha value is -2.77. The molecule has 4 heterocycles. The summed E-state index contributed by atoms with van der Waals surface area (Å²) in [6.45, 7) is 12.1. The number of anilines is 1. The smallest absolute Gasteiger partial charge is 0.291 e. The molecule has 6 nitrogen and oxygen atoms in total. The Morgan fingerprint density at radius 1 is 1.09 bits per heavy atom. The monoisotopic (exact) mass is 480 g/mol. The Labute approximate surface area is 204 Å². The second-order valence-electron chi connectivity index (χ2n) is 9.66. The standard InChI is InChI=1S/C27H32N2O4S/c1-16-12-17(2)15-29(14-16)25(20-7-8-21-23(13-20)33-11-10-32-21)24-18(3)19(4)34-27(24)28-26(30)22-6-5-9-31-22/h5-9,13,16-17,25H,10-12,14-15H2,1-4H3,(H,28,30). The van der Waals surface area contributed by atoms with Gasteiger partial charge >= 0.3 is 0 Å². The highest BCUT2D eigenvalue weighted by molar-refractivity contribution is 7.16. The summed E-state index contributed by atoms with van der Waals surface area (Å²) in [5.74, 6) is 2.87. The molecule has 3 atom stereocenters. The van der Waals surface area contributed by atoms with Gasteiger partial charge in [0.1, 0.15) is 18.2 Å². The predicted molar refractivity (Wildman–Crippen MR) is 134 cm³/mol. The fourth-order valence-electron chi connectivity index (χ4n) is 5.35. The van der Waals surface area contributed by atoms with Crippen molar-refractivity contribution in [1.82, 2.24) is 4.90 Å². The average Bonchev–Trinajstić information content (AvgIpc) is 3.44. The summed E-state index contributed by atoms with van der Waals surface area (Å²) in [6, 6.07) is 9.70. The topological polar surface area (TPSA) is 63.9 Å². The summed E-state index contributed by atoms with van der Waals surface area (Å²) in [5.41, 5.74) is 3.52.